The first-order chi connectivity index (χ1) is 9.69. The average molecular weight is 274 g/mol. The van der Waals surface area contributed by atoms with Crippen molar-refractivity contribution in [1.29, 1.82) is 0 Å². The van der Waals surface area contributed by atoms with E-state index in [1.54, 1.807) is 0 Å². The molecule has 0 bridgehead atoms. The minimum Gasteiger partial charge on any atom is -0.487 e. The van der Waals surface area contributed by atoms with Crippen LogP contribution in [0.25, 0.3) is 0 Å². The summed E-state index contributed by atoms with van der Waals surface area (Å²) in [7, 11) is 0. The summed E-state index contributed by atoms with van der Waals surface area (Å²) < 4.78 is 10.7. The van der Waals surface area contributed by atoms with E-state index in [-0.39, 0.29) is 0 Å². The van der Waals surface area contributed by atoms with Crippen molar-refractivity contribution in [3.8, 4) is 5.75 Å². The van der Waals surface area contributed by atoms with Gasteiger partial charge in [0.15, 0.2) is 0 Å². The summed E-state index contributed by atoms with van der Waals surface area (Å²) in [5.74, 6) is 1.65. The summed E-state index contributed by atoms with van der Waals surface area (Å²) in [6.45, 7) is 7.67. The molecule has 4 nitrogen and oxygen atoms in total. The van der Waals surface area contributed by atoms with E-state index in [1.807, 2.05) is 25.1 Å². The van der Waals surface area contributed by atoms with Crippen molar-refractivity contribution in [3.05, 3.63) is 47.3 Å². The second kappa shape index (κ2) is 7.10. The van der Waals surface area contributed by atoms with Gasteiger partial charge in [-0.25, -0.2) is 0 Å². The summed E-state index contributed by atoms with van der Waals surface area (Å²) >= 11 is 0. The van der Waals surface area contributed by atoms with E-state index >= 15 is 0 Å². The lowest BCUT2D eigenvalue weighted by Gasteiger charge is -2.14. The van der Waals surface area contributed by atoms with Crippen molar-refractivity contribution in [3.63, 3.8) is 0 Å². The minimum absolute atomic E-state index is 0.363. The zero-order chi connectivity index (χ0) is 14.4. The first kappa shape index (κ1) is 14.6. The summed E-state index contributed by atoms with van der Waals surface area (Å²) in [6, 6.07) is 10.4. The lowest BCUT2D eigenvalue weighted by Crippen LogP contribution is -2.19. The van der Waals surface area contributed by atoms with E-state index in [1.165, 1.54) is 5.56 Å². The van der Waals surface area contributed by atoms with Crippen molar-refractivity contribution in [2.24, 2.45) is 0 Å². The molecule has 1 heterocycles. The lowest BCUT2D eigenvalue weighted by atomic mass is 10.1. The molecule has 1 atom stereocenters. The molecule has 1 unspecified atom stereocenters. The van der Waals surface area contributed by atoms with Crippen molar-refractivity contribution < 1.29 is 9.26 Å². The van der Waals surface area contributed by atoms with Crippen LogP contribution in [0.2, 0.25) is 0 Å². The molecule has 0 saturated carbocycles. The van der Waals surface area contributed by atoms with Gasteiger partial charge in [-0.3, -0.25) is 0 Å². The number of aryl methyl sites for hydroxylation is 1. The first-order valence-corrected chi connectivity index (χ1v) is 7.07. The zero-order valence-corrected chi connectivity index (χ0v) is 12.3. The molecule has 0 fully saturated rings. The standard InChI is InChI=1S/C16H22N2O2/c1-4-9-17-13(3)14-5-7-16(8-6-14)19-11-15-10-12(2)20-18-15/h5-8,10,13,17H,4,9,11H2,1-3H3. The highest BCUT2D eigenvalue weighted by Gasteiger charge is 2.05. The van der Waals surface area contributed by atoms with Gasteiger partial charge in [-0.15, -0.1) is 0 Å². The largest absolute Gasteiger partial charge is 0.487 e. The summed E-state index contributed by atoms with van der Waals surface area (Å²) in [4.78, 5) is 0. The molecule has 0 saturated heterocycles. The van der Waals surface area contributed by atoms with Crippen LogP contribution in [0.1, 0.15) is 43.3 Å². The molecule has 4 heteroatoms. The summed E-state index contributed by atoms with van der Waals surface area (Å²) in [5, 5.41) is 7.37. The minimum atomic E-state index is 0.363. The molecule has 108 valence electrons. The maximum absolute atomic E-state index is 5.68. The molecule has 2 aromatic rings. The van der Waals surface area contributed by atoms with E-state index < -0.39 is 0 Å². The van der Waals surface area contributed by atoms with Gasteiger partial charge >= 0.3 is 0 Å². The van der Waals surface area contributed by atoms with Gasteiger partial charge in [-0.2, -0.15) is 0 Å². The van der Waals surface area contributed by atoms with Crippen LogP contribution in [0.5, 0.6) is 5.75 Å². The van der Waals surface area contributed by atoms with Gasteiger partial charge in [0.2, 0.25) is 0 Å². The van der Waals surface area contributed by atoms with Crippen LogP contribution in [-0.2, 0) is 6.61 Å². The second-order valence-electron chi connectivity index (χ2n) is 4.96. The molecule has 0 amide bonds. The SMILES string of the molecule is CCCNC(C)c1ccc(OCc2cc(C)on2)cc1. The number of aromatic nitrogens is 1. The predicted molar refractivity (Wildman–Crippen MR) is 78.7 cm³/mol. The summed E-state index contributed by atoms with van der Waals surface area (Å²) in [6.07, 6.45) is 1.14. The van der Waals surface area contributed by atoms with Gasteiger partial charge in [0.1, 0.15) is 23.8 Å². The third kappa shape index (κ3) is 4.10. The molecule has 0 radical (unpaired) electrons. The Kier molecular flexibility index (Phi) is 5.18. The molecule has 0 aliphatic carbocycles. The number of ether oxygens (including phenoxy) is 1. The molecular formula is C16H22N2O2. The van der Waals surface area contributed by atoms with Gasteiger partial charge in [-0.1, -0.05) is 24.2 Å². The molecule has 2 rings (SSSR count). The molecule has 0 aliphatic heterocycles. The van der Waals surface area contributed by atoms with Crippen molar-refractivity contribution in [2.75, 3.05) is 6.54 Å². The van der Waals surface area contributed by atoms with E-state index in [9.17, 15) is 0 Å². The normalized spacial score (nSPS) is 12.3. The third-order valence-electron chi connectivity index (χ3n) is 3.14. The highest BCUT2D eigenvalue weighted by Crippen LogP contribution is 2.18. The highest BCUT2D eigenvalue weighted by molar-refractivity contribution is 5.29. The van der Waals surface area contributed by atoms with Crippen molar-refractivity contribution in [2.45, 2.75) is 39.8 Å². The Morgan fingerprint density at radius 2 is 2.05 bits per heavy atom. The number of nitrogens with zero attached hydrogens (tertiary/aromatic N) is 1. The lowest BCUT2D eigenvalue weighted by molar-refractivity contribution is 0.287. The predicted octanol–water partition coefficient (Wildman–Crippen LogP) is 3.62. The van der Waals surface area contributed by atoms with Crippen LogP contribution in [0.15, 0.2) is 34.9 Å². The van der Waals surface area contributed by atoms with Gasteiger partial charge in [0.05, 0.1) is 0 Å². The Morgan fingerprint density at radius 1 is 1.30 bits per heavy atom. The fourth-order valence-electron chi connectivity index (χ4n) is 1.97. The molecule has 1 aromatic heterocycles. The Bertz CT molecular complexity index is 520. The van der Waals surface area contributed by atoms with Crippen LogP contribution in [0.3, 0.4) is 0 Å². The zero-order valence-electron chi connectivity index (χ0n) is 12.3. The van der Waals surface area contributed by atoms with Crippen LogP contribution in [-0.4, -0.2) is 11.7 Å². The van der Waals surface area contributed by atoms with Crippen LogP contribution in [0, 0.1) is 6.92 Å². The summed E-state index contributed by atoms with van der Waals surface area (Å²) in [5.41, 5.74) is 2.08. The van der Waals surface area contributed by atoms with Crippen LogP contribution in [0.4, 0.5) is 0 Å². The van der Waals surface area contributed by atoms with Crippen LogP contribution < -0.4 is 10.1 Å². The molecule has 1 N–H and O–H groups in total. The first-order valence-electron chi connectivity index (χ1n) is 7.07. The maximum atomic E-state index is 5.68. The second-order valence-corrected chi connectivity index (χ2v) is 4.96. The quantitative estimate of drug-likeness (QED) is 0.837. The Balaban J connectivity index is 1.87. The fourth-order valence-corrected chi connectivity index (χ4v) is 1.97. The topological polar surface area (TPSA) is 47.3 Å². The number of hydrogen-bond donors (Lipinski definition) is 1. The number of hydrogen-bond acceptors (Lipinski definition) is 4. The average Bonchev–Trinajstić information content (AvgIpc) is 2.89. The van der Waals surface area contributed by atoms with E-state index in [4.69, 9.17) is 9.26 Å². The van der Waals surface area contributed by atoms with Crippen molar-refractivity contribution in [1.82, 2.24) is 10.5 Å². The van der Waals surface area contributed by atoms with Gasteiger partial charge < -0.3 is 14.6 Å². The van der Waals surface area contributed by atoms with E-state index in [0.29, 0.717) is 12.6 Å². The fraction of sp³-hybridized carbons (Fsp3) is 0.438. The van der Waals surface area contributed by atoms with E-state index in [2.05, 4.69) is 36.5 Å². The molecule has 0 aliphatic rings. The van der Waals surface area contributed by atoms with Crippen LogP contribution >= 0.6 is 0 Å². The number of benzene rings is 1. The van der Waals surface area contributed by atoms with Gasteiger partial charge in [-0.05, 0) is 44.5 Å². The monoisotopic (exact) mass is 274 g/mol. The van der Waals surface area contributed by atoms with Gasteiger partial charge in [0.25, 0.3) is 0 Å². The Hall–Kier alpha value is -1.81. The third-order valence-corrected chi connectivity index (χ3v) is 3.14. The highest BCUT2D eigenvalue weighted by atomic mass is 16.5. The number of rotatable bonds is 7. The van der Waals surface area contributed by atoms with Gasteiger partial charge in [0, 0.05) is 12.1 Å². The number of nitrogens with one attached hydrogen (secondary N) is 1. The molecular weight excluding hydrogens is 252 g/mol. The van der Waals surface area contributed by atoms with E-state index in [0.717, 1.165) is 30.2 Å². The molecule has 20 heavy (non-hydrogen) atoms. The Labute approximate surface area is 120 Å². The smallest absolute Gasteiger partial charge is 0.134 e. The van der Waals surface area contributed by atoms with Crippen molar-refractivity contribution >= 4 is 0 Å². The Morgan fingerprint density at radius 3 is 2.65 bits per heavy atom. The molecule has 0 spiro atoms. The maximum Gasteiger partial charge on any atom is 0.134 e. The molecule has 1 aromatic carbocycles.